The van der Waals surface area contributed by atoms with Crippen molar-refractivity contribution in [3.63, 3.8) is 0 Å². The lowest BCUT2D eigenvalue weighted by atomic mass is 9.96. The summed E-state index contributed by atoms with van der Waals surface area (Å²) in [7, 11) is 0. The molecule has 7 nitrogen and oxygen atoms in total. The number of amides is 1. The van der Waals surface area contributed by atoms with Crippen molar-refractivity contribution in [2.75, 3.05) is 36.4 Å². The number of anilines is 2. The largest absolute Gasteiger partial charge is 0.573 e. The zero-order chi connectivity index (χ0) is 23.4. The highest BCUT2D eigenvalue weighted by molar-refractivity contribution is 5.94. The summed E-state index contributed by atoms with van der Waals surface area (Å²) in [5, 5.41) is 3.47. The molecular formula is C23H28F3N5O2. The molecular weight excluding hydrogens is 435 g/mol. The van der Waals surface area contributed by atoms with Crippen LogP contribution in [0.5, 0.6) is 5.75 Å². The Morgan fingerprint density at radius 1 is 1.06 bits per heavy atom. The van der Waals surface area contributed by atoms with Crippen LogP contribution in [-0.2, 0) is 0 Å². The molecule has 1 amide bonds. The summed E-state index contributed by atoms with van der Waals surface area (Å²) in [4.78, 5) is 25.8. The first-order valence-electron chi connectivity index (χ1n) is 11.3. The number of halogens is 3. The summed E-state index contributed by atoms with van der Waals surface area (Å²) in [6.45, 7) is 3.97. The van der Waals surface area contributed by atoms with Gasteiger partial charge in [0.15, 0.2) is 0 Å². The molecule has 0 atom stereocenters. The maximum absolute atomic E-state index is 12.8. The van der Waals surface area contributed by atoms with E-state index in [1.807, 2.05) is 13.0 Å². The number of benzene rings is 1. The van der Waals surface area contributed by atoms with E-state index in [0.717, 1.165) is 30.4 Å². The molecule has 0 bridgehead atoms. The van der Waals surface area contributed by atoms with Crippen LogP contribution in [0.25, 0.3) is 0 Å². The molecule has 1 N–H and O–H groups in total. The van der Waals surface area contributed by atoms with Crippen molar-refractivity contribution in [2.24, 2.45) is 0 Å². The Kier molecular flexibility index (Phi) is 6.90. The molecule has 178 valence electrons. The summed E-state index contributed by atoms with van der Waals surface area (Å²) in [6.07, 6.45) is 1.18. The number of aromatic nitrogens is 2. The Hall–Kier alpha value is -3.04. The van der Waals surface area contributed by atoms with Crippen molar-refractivity contribution < 1.29 is 22.7 Å². The number of rotatable bonds is 5. The highest BCUT2D eigenvalue weighted by atomic mass is 19.4. The Morgan fingerprint density at radius 3 is 2.48 bits per heavy atom. The van der Waals surface area contributed by atoms with Gasteiger partial charge in [-0.3, -0.25) is 4.79 Å². The van der Waals surface area contributed by atoms with Crippen LogP contribution in [0.1, 0.15) is 48.2 Å². The van der Waals surface area contributed by atoms with E-state index in [2.05, 4.69) is 19.9 Å². The predicted octanol–water partition coefficient (Wildman–Crippen LogP) is 4.39. The number of piperazine rings is 1. The van der Waals surface area contributed by atoms with Crippen LogP contribution in [0, 0.1) is 6.92 Å². The average molecular weight is 464 g/mol. The van der Waals surface area contributed by atoms with Gasteiger partial charge in [-0.2, -0.15) is 4.98 Å². The molecule has 2 aliphatic rings. The normalized spacial score (nSPS) is 17.7. The zero-order valence-electron chi connectivity index (χ0n) is 18.6. The minimum absolute atomic E-state index is 0.169. The fourth-order valence-corrected chi connectivity index (χ4v) is 4.36. The lowest BCUT2D eigenvalue weighted by Gasteiger charge is -2.35. The number of nitrogens with one attached hydrogen (secondary N) is 1. The third kappa shape index (κ3) is 6.27. The van der Waals surface area contributed by atoms with E-state index in [0.29, 0.717) is 38.2 Å². The molecule has 1 aliphatic heterocycles. The van der Waals surface area contributed by atoms with Gasteiger partial charge in [-0.05, 0) is 38.0 Å². The van der Waals surface area contributed by atoms with Crippen LogP contribution in [-0.4, -0.2) is 59.4 Å². The minimum atomic E-state index is -4.80. The van der Waals surface area contributed by atoms with E-state index in [1.165, 1.54) is 37.5 Å². The number of aryl methyl sites for hydroxylation is 1. The van der Waals surface area contributed by atoms with E-state index in [1.54, 1.807) is 4.90 Å². The smallest absolute Gasteiger partial charge is 0.406 e. The molecule has 0 radical (unpaired) electrons. The van der Waals surface area contributed by atoms with Gasteiger partial charge in [0.1, 0.15) is 11.6 Å². The first kappa shape index (κ1) is 23.1. The van der Waals surface area contributed by atoms with Gasteiger partial charge in [-0.25, -0.2) is 4.98 Å². The summed E-state index contributed by atoms with van der Waals surface area (Å²) in [5.74, 6) is 0.729. The molecule has 1 aliphatic carbocycles. The number of ether oxygens (including phenoxy) is 1. The fraction of sp³-hybridized carbons (Fsp3) is 0.522. The lowest BCUT2D eigenvalue weighted by molar-refractivity contribution is -0.274. The van der Waals surface area contributed by atoms with E-state index >= 15 is 0 Å². The van der Waals surface area contributed by atoms with Crippen molar-refractivity contribution in [1.82, 2.24) is 14.9 Å². The second-order valence-corrected chi connectivity index (χ2v) is 8.53. The van der Waals surface area contributed by atoms with Crippen LogP contribution >= 0.6 is 0 Å². The van der Waals surface area contributed by atoms with Crippen LogP contribution in [0.2, 0.25) is 0 Å². The number of carbonyl (C=O) groups excluding carboxylic acids is 1. The number of hydrogen-bond acceptors (Lipinski definition) is 6. The molecule has 1 saturated heterocycles. The zero-order valence-corrected chi connectivity index (χ0v) is 18.6. The second kappa shape index (κ2) is 9.84. The van der Waals surface area contributed by atoms with E-state index < -0.39 is 12.1 Å². The van der Waals surface area contributed by atoms with Gasteiger partial charge in [-0.15, -0.1) is 13.2 Å². The van der Waals surface area contributed by atoms with Crippen molar-refractivity contribution >= 4 is 17.7 Å². The maximum Gasteiger partial charge on any atom is 0.573 e. The van der Waals surface area contributed by atoms with Gasteiger partial charge in [0.25, 0.3) is 5.91 Å². The predicted molar refractivity (Wildman–Crippen MR) is 119 cm³/mol. The van der Waals surface area contributed by atoms with E-state index in [-0.39, 0.29) is 11.5 Å². The second-order valence-electron chi connectivity index (χ2n) is 8.53. The summed E-state index contributed by atoms with van der Waals surface area (Å²) < 4.78 is 41.4. The molecule has 1 aromatic carbocycles. The standard InChI is InChI=1S/C23H28F3N5O2/c1-16-14-20(29-22(27-16)28-18-7-3-2-4-8-18)30-10-12-31(13-11-30)21(32)17-6-5-9-19(15-17)33-23(24,25)26/h5-6,9,14-15,18H,2-4,7-8,10-13H2,1H3,(H,27,28,29). The van der Waals surface area contributed by atoms with Crippen LogP contribution in [0.3, 0.4) is 0 Å². The minimum Gasteiger partial charge on any atom is -0.406 e. The molecule has 10 heteroatoms. The van der Waals surface area contributed by atoms with Crippen molar-refractivity contribution in [1.29, 1.82) is 0 Å². The number of nitrogens with zero attached hydrogens (tertiary/aromatic N) is 4. The molecule has 2 fully saturated rings. The fourth-order valence-electron chi connectivity index (χ4n) is 4.36. The first-order chi connectivity index (χ1) is 15.8. The highest BCUT2D eigenvalue weighted by Gasteiger charge is 2.31. The molecule has 2 aromatic rings. The SMILES string of the molecule is Cc1cc(N2CCN(C(=O)c3cccc(OC(F)(F)F)c3)CC2)nc(NC2CCCCC2)n1. The molecule has 1 aromatic heterocycles. The summed E-state index contributed by atoms with van der Waals surface area (Å²) in [5.41, 5.74) is 1.04. The van der Waals surface area contributed by atoms with Crippen molar-refractivity contribution in [3.8, 4) is 5.75 Å². The van der Waals surface area contributed by atoms with Gasteiger partial charge >= 0.3 is 6.36 Å². The van der Waals surface area contributed by atoms with Crippen LogP contribution in [0.4, 0.5) is 24.9 Å². The van der Waals surface area contributed by atoms with Crippen LogP contribution < -0.4 is 15.0 Å². The highest BCUT2D eigenvalue weighted by Crippen LogP contribution is 2.25. The molecule has 0 unspecified atom stereocenters. The maximum atomic E-state index is 12.8. The monoisotopic (exact) mass is 463 g/mol. The quantitative estimate of drug-likeness (QED) is 0.709. The topological polar surface area (TPSA) is 70.6 Å². The van der Waals surface area contributed by atoms with Gasteiger partial charge in [0.2, 0.25) is 5.95 Å². The van der Waals surface area contributed by atoms with Crippen molar-refractivity contribution in [2.45, 2.75) is 51.4 Å². The Balaban J connectivity index is 1.38. The number of hydrogen-bond donors (Lipinski definition) is 1. The molecule has 33 heavy (non-hydrogen) atoms. The van der Waals surface area contributed by atoms with Gasteiger partial charge < -0.3 is 19.9 Å². The third-order valence-electron chi connectivity index (χ3n) is 5.98. The summed E-state index contributed by atoms with van der Waals surface area (Å²) >= 11 is 0. The molecule has 4 rings (SSSR count). The van der Waals surface area contributed by atoms with Gasteiger partial charge in [-0.1, -0.05) is 25.3 Å². The lowest BCUT2D eigenvalue weighted by Crippen LogP contribution is -2.49. The third-order valence-corrected chi connectivity index (χ3v) is 5.98. The van der Waals surface area contributed by atoms with Gasteiger partial charge in [0, 0.05) is 49.5 Å². The average Bonchev–Trinajstić information content (AvgIpc) is 2.78. The Morgan fingerprint density at radius 2 is 1.79 bits per heavy atom. The van der Waals surface area contributed by atoms with E-state index in [4.69, 9.17) is 4.98 Å². The molecule has 0 spiro atoms. The molecule has 1 saturated carbocycles. The number of alkyl halides is 3. The van der Waals surface area contributed by atoms with Gasteiger partial charge in [0.05, 0.1) is 0 Å². The summed E-state index contributed by atoms with van der Waals surface area (Å²) in [6, 6.07) is 7.52. The van der Waals surface area contributed by atoms with Crippen molar-refractivity contribution in [3.05, 3.63) is 41.6 Å². The Bertz CT molecular complexity index is 971. The molecule has 2 heterocycles. The Labute approximate surface area is 191 Å². The van der Waals surface area contributed by atoms with Crippen LogP contribution in [0.15, 0.2) is 30.3 Å². The first-order valence-corrected chi connectivity index (χ1v) is 11.3. The number of carbonyl (C=O) groups is 1. The van der Waals surface area contributed by atoms with E-state index in [9.17, 15) is 18.0 Å².